The molecular formula is C8H4F3. The summed E-state index contributed by atoms with van der Waals surface area (Å²) in [5, 5.41) is 0. The number of halogens is 3. The highest BCUT2D eigenvalue weighted by molar-refractivity contribution is 5.24. The molecule has 3 heteroatoms. The van der Waals surface area contributed by atoms with Crippen LogP contribution in [0.4, 0.5) is 13.2 Å². The summed E-state index contributed by atoms with van der Waals surface area (Å²) in [5.41, 5.74) is -0.289. The van der Waals surface area contributed by atoms with Gasteiger partial charge in [0.2, 0.25) is 0 Å². The maximum absolute atomic E-state index is 12.5. The Hall–Kier alpha value is -1.25. The quantitative estimate of drug-likeness (QED) is 0.549. The fourth-order valence-electron chi connectivity index (χ4n) is 0.685. The first-order valence-electron chi connectivity index (χ1n) is 2.83. The molecule has 1 radical (unpaired) electrons. The Balaban J connectivity index is 3.35. The van der Waals surface area contributed by atoms with E-state index in [0.717, 1.165) is 6.07 Å². The predicted octanol–water partition coefficient (Wildman–Crippen LogP) is 2.44. The Labute approximate surface area is 62.0 Å². The molecule has 0 aliphatic carbocycles. The van der Waals surface area contributed by atoms with Gasteiger partial charge in [0.05, 0.1) is 0 Å². The second kappa shape index (κ2) is 2.78. The minimum absolute atomic E-state index is 0.289. The van der Waals surface area contributed by atoms with E-state index < -0.39 is 17.5 Å². The van der Waals surface area contributed by atoms with Crippen LogP contribution in [0.5, 0.6) is 0 Å². The van der Waals surface area contributed by atoms with Crippen LogP contribution in [-0.4, -0.2) is 0 Å². The van der Waals surface area contributed by atoms with Gasteiger partial charge in [-0.2, -0.15) is 0 Å². The van der Waals surface area contributed by atoms with Crippen LogP contribution >= 0.6 is 0 Å². The summed E-state index contributed by atoms with van der Waals surface area (Å²) in [5.74, 6) is -3.19. The van der Waals surface area contributed by atoms with E-state index in [2.05, 4.69) is 12.7 Å². The summed E-state index contributed by atoms with van der Waals surface area (Å²) < 4.78 is 37.2. The Kier molecular flexibility index (Phi) is 1.98. The van der Waals surface area contributed by atoms with Crippen LogP contribution in [0.25, 0.3) is 0 Å². The van der Waals surface area contributed by atoms with Crippen LogP contribution in [0, 0.1) is 23.5 Å². The van der Waals surface area contributed by atoms with Gasteiger partial charge in [-0.05, 0) is 12.1 Å². The molecule has 0 aromatic heterocycles. The summed E-state index contributed by atoms with van der Waals surface area (Å²) in [4.78, 5) is 0. The molecule has 0 saturated heterocycles. The fourth-order valence-corrected chi connectivity index (χ4v) is 0.685. The molecule has 0 N–H and O–H groups in total. The molecule has 11 heavy (non-hydrogen) atoms. The van der Waals surface area contributed by atoms with Crippen LogP contribution in [0.2, 0.25) is 0 Å². The second-order valence-corrected chi connectivity index (χ2v) is 1.93. The topological polar surface area (TPSA) is 0 Å². The maximum Gasteiger partial charge on any atom is 0.166 e. The zero-order chi connectivity index (χ0) is 8.43. The van der Waals surface area contributed by atoms with E-state index in [1.165, 1.54) is 0 Å². The van der Waals surface area contributed by atoms with Crippen LogP contribution < -0.4 is 0 Å². The van der Waals surface area contributed by atoms with E-state index in [4.69, 9.17) is 0 Å². The van der Waals surface area contributed by atoms with Gasteiger partial charge < -0.3 is 0 Å². The number of benzene rings is 1. The standard InChI is InChI=1S/C8H4F3/c1-2-5-3-6(9)4-7(10)8(5)11/h3-4H,1H2. The summed E-state index contributed by atoms with van der Waals surface area (Å²) in [6, 6.07) is 1.29. The van der Waals surface area contributed by atoms with Crippen molar-refractivity contribution in [1.29, 1.82) is 0 Å². The van der Waals surface area contributed by atoms with E-state index >= 15 is 0 Å². The van der Waals surface area contributed by atoms with Gasteiger partial charge in [0.1, 0.15) is 5.82 Å². The zero-order valence-electron chi connectivity index (χ0n) is 5.50. The summed E-state index contributed by atoms with van der Waals surface area (Å²) in [6.07, 6.45) is 2.07. The highest BCUT2D eigenvalue weighted by atomic mass is 19.2. The molecule has 0 saturated carbocycles. The minimum atomic E-state index is -1.23. The molecular weight excluding hydrogens is 153 g/mol. The third-order valence-electron chi connectivity index (χ3n) is 1.18. The minimum Gasteiger partial charge on any atom is -0.207 e. The van der Waals surface area contributed by atoms with E-state index in [9.17, 15) is 13.2 Å². The third kappa shape index (κ3) is 1.42. The molecule has 0 nitrogen and oxygen atoms in total. The molecule has 0 heterocycles. The lowest BCUT2D eigenvalue weighted by Crippen LogP contribution is -1.91. The smallest absolute Gasteiger partial charge is 0.166 e. The SMILES string of the molecule is C=[C]c1cc(F)cc(F)c1F. The average Bonchev–Trinajstić information content (AvgIpc) is 1.96. The van der Waals surface area contributed by atoms with Crippen LogP contribution in [-0.2, 0) is 0 Å². The van der Waals surface area contributed by atoms with Crippen molar-refractivity contribution in [2.45, 2.75) is 0 Å². The molecule has 0 aliphatic heterocycles. The van der Waals surface area contributed by atoms with Gasteiger partial charge in [0.15, 0.2) is 11.6 Å². The molecule has 0 aliphatic rings. The summed E-state index contributed by atoms with van der Waals surface area (Å²) in [7, 11) is 0. The first kappa shape index (κ1) is 7.85. The van der Waals surface area contributed by atoms with Crippen LogP contribution in [0.15, 0.2) is 18.7 Å². The third-order valence-corrected chi connectivity index (χ3v) is 1.18. The van der Waals surface area contributed by atoms with E-state index in [0.29, 0.717) is 6.07 Å². The lowest BCUT2D eigenvalue weighted by Gasteiger charge is -1.96. The fraction of sp³-hybridized carbons (Fsp3) is 0. The Bertz CT molecular complexity index is 292. The number of hydrogen-bond acceptors (Lipinski definition) is 0. The summed E-state index contributed by atoms with van der Waals surface area (Å²) >= 11 is 0. The highest BCUT2D eigenvalue weighted by Gasteiger charge is 2.07. The van der Waals surface area contributed by atoms with Gasteiger partial charge in [0, 0.05) is 11.6 Å². The molecule has 57 valence electrons. The van der Waals surface area contributed by atoms with Gasteiger partial charge in [0.25, 0.3) is 0 Å². The van der Waals surface area contributed by atoms with Crippen molar-refractivity contribution >= 4 is 0 Å². The lowest BCUT2D eigenvalue weighted by molar-refractivity contribution is 0.491. The van der Waals surface area contributed by atoms with Crippen molar-refractivity contribution in [3.63, 3.8) is 0 Å². The van der Waals surface area contributed by atoms with Gasteiger partial charge in [-0.25, -0.2) is 13.2 Å². The van der Waals surface area contributed by atoms with Crippen molar-refractivity contribution in [2.24, 2.45) is 0 Å². The highest BCUT2D eigenvalue weighted by Crippen LogP contribution is 2.13. The van der Waals surface area contributed by atoms with Crippen molar-refractivity contribution in [2.75, 3.05) is 0 Å². The molecule has 1 aromatic carbocycles. The Morgan fingerprint density at radius 2 is 1.82 bits per heavy atom. The van der Waals surface area contributed by atoms with Crippen molar-refractivity contribution in [3.05, 3.63) is 47.8 Å². The molecule has 1 rings (SSSR count). The number of hydrogen-bond donors (Lipinski definition) is 0. The molecule has 0 fully saturated rings. The predicted molar refractivity (Wildman–Crippen MR) is 34.3 cm³/mol. The lowest BCUT2D eigenvalue weighted by atomic mass is 10.2. The first-order valence-corrected chi connectivity index (χ1v) is 2.83. The van der Waals surface area contributed by atoms with Crippen LogP contribution in [0.3, 0.4) is 0 Å². The monoisotopic (exact) mass is 157 g/mol. The van der Waals surface area contributed by atoms with Crippen molar-refractivity contribution < 1.29 is 13.2 Å². The molecule has 0 bridgehead atoms. The van der Waals surface area contributed by atoms with Crippen molar-refractivity contribution in [3.8, 4) is 0 Å². The maximum atomic E-state index is 12.5. The van der Waals surface area contributed by atoms with Crippen LogP contribution in [0.1, 0.15) is 5.56 Å². The van der Waals surface area contributed by atoms with E-state index in [1.54, 1.807) is 0 Å². The molecule has 0 unspecified atom stereocenters. The van der Waals surface area contributed by atoms with E-state index in [1.807, 2.05) is 0 Å². The molecule has 0 amide bonds. The largest absolute Gasteiger partial charge is 0.207 e. The van der Waals surface area contributed by atoms with E-state index in [-0.39, 0.29) is 5.56 Å². The average molecular weight is 157 g/mol. The Morgan fingerprint density at radius 3 is 2.36 bits per heavy atom. The summed E-state index contributed by atoms with van der Waals surface area (Å²) in [6.45, 7) is 3.08. The molecule has 0 spiro atoms. The van der Waals surface area contributed by atoms with Gasteiger partial charge >= 0.3 is 0 Å². The Morgan fingerprint density at radius 1 is 1.18 bits per heavy atom. The normalized spacial score (nSPS) is 9.73. The van der Waals surface area contributed by atoms with Gasteiger partial charge in [-0.1, -0.05) is 6.58 Å². The first-order chi connectivity index (χ1) is 5.15. The van der Waals surface area contributed by atoms with Gasteiger partial charge in [-0.3, -0.25) is 0 Å². The molecule has 1 aromatic rings. The second-order valence-electron chi connectivity index (χ2n) is 1.93. The zero-order valence-corrected chi connectivity index (χ0v) is 5.50. The molecule has 0 atom stereocenters. The number of rotatable bonds is 1. The van der Waals surface area contributed by atoms with Gasteiger partial charge in [-0.15, -0.1) is 0 Å². The van der Waals surface area contributed by atoms with Crippen molar-refractivity contribution in [1.82, 2.24) is 0 Å².